The lowest BCUT2D eigenvalue weighted by Crippen LogP contribution is -2.33. The molecule has 0 amide bonds. The fraction of sp³-hybridized carbons (Fsp3) is 0.880. The van der Waals surface area contributed by atoms with Crippen LogP contribution in [0.15, 0.2) is 24.3 Å². The second-order valence-corrected chi connectivity index (χ2v) is 17.9. The van der Waals surface area contributed by atoms with Gasteiger partial charge in [0.2, 0.25) is 0 Å². The van der Waals surface area contributed by atoms with E-state index in [0.29, 0.717) is 12.8 Å². The third-order valence-corrected chi connectivity index (χ3v) is 12.6. The van der Waals surface area contributed by atoms with Crippen molar-refractivity contribution in [2.75, 3.05) is 26.4 Å². The Kier molecular flexibility index (Phi) is 34.4. The Morgan fingerprint density at radius 3 is 0.778 bits per heavy atom. The van der Waals surface area contributed by atoms with Crippen molar-refractivity contribution < 1.29 is 20.4 Å². The third kappa shape index (κ3) is 26.8. The van der Waals surface area contributed by atoms with Crippen LogP contribution in [0.2, 0.25) is 0 Å². The minimum absolute atomic E-state index is 0.0110. The highest BCUT2D eigenvalue weighted by molar-refractivity contribution is 5.26. The molecule has 0 aliphatic carbocycles. The summed E-state index contributed by atoms with van der Waals surface area (Å²) in [6, 6.07) is 8.45. The summed E-state index contributed by atoms with van der Waals surface area (Å²) in [5.41, 5.74) is 1.24. The number of hydrogen-bond acceptors (Lipinski definition) is 4. The summed E-state index contributed by atoms with van der Waals surface area (Å²) < 4.78 is 0. The van der Waals surface area contributed by atoms with Crippen LogP contribution < -0.4 is 0 Å². The van der Waals surface area contributed by atoms with Crippen LogP contribution in [-0.4, -0.2) is 46.9 Å². The molecule has 318 valence electrons. The zero-order chi connectivity index (χ0) is 39.3. The van der Waals surface area contributed by atoms with Crippen LogP contribution in [0.3, 0.4) is 0 Å². The van der Waals surface area contributed by atoms with Gasteiger partial charge in [-0.3, -0.25) is 0 Å². The van der Waals surface area contributed by atoms with Crippen molar-refractivity contribution in [2.24, 2.45) is 10.8 Å². The van der Waals surface area contributed by atoms with Gasteiger partial charge in [0.25, 0.3) is 0 Å². The van der Waals surface area contributed by atoms with Crippen molar-refractivity contribution in [1.29, 1.82) is 0 Å². The lowest BCUT2D eigenvalue weighted by atomic mass is 9.76. The highest BCUT2D eigenvalue weighted by Crippen LogP contribution is 2.33. The SMILES string of the molecule is CCCCCCCCCCCCCCCCCCC(CO)(CO)Cc1cccc(CC(CO)(CO)CCCCCCCCCCCCCCCCCC)c1. The molecule has 0 aromatic heterocycles. The third-order valence-electron chi connectivity index (χ3n) is 12.6. The van der Waals surface area contributed by atoms with E-state index in [0.717, 1.165) is 49.7 Å². The number of aliphatic hydroxyl groups excluding tert-OH is 4. The van der Waals surface area contributed by atoms with E-state index in [4.69, 9.17) is 0 Å². The van der Waals surface area contributed by atoms with Crippen LogP contribution in [-0.2, 0) is 12.8 Å². The Morgan fingerprint density at radius 2 is 0.556 bits per heavy atom. The monoisotopic (exact) mass is 759 g/mol. The van der Waals surface area contributed by atoms with Gasteiger partial charge in [-0.25, -0.2) is 0 Å². The predicted molar refractivity (Wildman–Crippen MR) is 235 cm³/mol. The van der Waals surface area contributed by atoms with E-state index in [9.17, 15) is 20.4 Å². The van der Waals surface area contributed by atoms with Crippen molar-refractivity contribution >= 4 is 0 Å². The molecule has 0 bridgehead atoms. The van der Waals surface area contributed by atoms with E-state index >= 15 is 0 Å². The van der Waals surface area contributed by atoms with Gasteiger partial charge in [0, 0.05) is 10.8 Å². The lowest BCUT2D eigenvalue weighted by Gasteiger charge is -2.32. The fourth-order valence-corrected chi connectivity index (χ4v) is 8.63. The molecule has 0 radical (unpaired) electrons. The van der Waals surface area contributed by atoms with Gasteiger partial charge in [-0.05, 0) is 36.8 Å². The number of benzene rings is 1. The van der Waals surface area contributed by atoms with Gasteiger partial charge >= 0.3 is 0 Å². The molecule has 1 aromatic rings. The fourth-order valence-electron chi connectivity index (χ4n) is 8.63. The van der Waals surface area contributed by atoms with Gasteiger partial charge in [-0.15, -0.1) is 0 Å². The average Bonchev–Trinajstić information content (AvgIpc) is 3.19. The largest absolute Gasteiger partial charge is 0.396 e. The van der Waals surface area contributed by atoms with Crippen LogP contribution in [0.1, 0.15) is 243 Å². The molecule has 0 atom stereocenters. The van der Waals surface area contributed by atoms with E-state index < -0.39 is 10.8 Å². The zero-order valence-electron chi connectivity index (χ0n) is 36.4. The van der Waals surface area contributed by atoms with Crippen molar-refractivity contribution in [1.82, 2.24) is 0 Å². The number of aliphatic hydroxyl groups is 4. The smallest absolute Gasteiger partial charge is 0.0512 e. The first-order valence-electron chi connectivity index (χ1n) is 24.0. The maximum absolute atomic E-state index is 10.4. The molecule has 0 unspecified atom stereocenters. The second-order valence-electron chi connectivity index (χ2n) is 17.9. The standard InChI is InChI=1S/C50H94O4/c1-3-5-7-9-11-13-15-17-19-21-23-25-27-29-31-33-38-49(43-51,44-52)41-47-36-35-37-48(40-47)42-50(45-53,46-54)39-34-32-30-28-26-24-22-20-18-16-14-12-10-8-6-4-2/h35-37,40,51-54H,3-34,38-39,41-46H2,1-2H3. The van der Waals surface area contributed by atoms with Crippen LogP contribution in [0, 0.1) is 10.8 Å². The minimum Gasteiger partial charge on any atom is -0.396 e. The van der Waals surface area contributed by atoms with Gasteiger partial charge < -0.3 is 20.4 Å². The summed E-state index contributed by atoms with van der Waals surface area (Å²) >= 11 is 0. The zero-order valence-corrected chi connectivity index (χ0v) is 36.4. The van der Waals surface area contributed by atoms with Crippen molar-refractivity contribution in [3.05, 3.63) is 35.4 Å². The molecule has 0 fully saturated rings. The summed E-state index contributed by atoms with van der Waals surface area (Å²) in [5, 5.41) is 41.8. The molecule has 4 N–H and O–H groups in total. The van der Waals surface area contributed by atoms with Gasteiger partial charge in [0.15, 0.2) is 0 Å². The van der Waals surface area contributed by atoms with E-state index in [1.807, 2.05) is 0 Å². The first-order valence-corrected chi connectivity index (χ1v) is 24.0. The summed E-state index contributed by atoms with van der Waals surface area (Å²) in [7, 11) is 0. The normalized spacial score (nSPS) is 12.3. The van der Waals surface area contributed by atoms with Crippen molar-refractivity contribution in [3.8, 4) is 0 Å². The number of unbranched alkanes of at least 4 members (excludes halogenated alkanes) is 30. The molecular formula is C50H94O4. The Morgan fingerprint density at radius 1 is 0.333 bits per heavy atom. The maximum atomic E-state index is 10.4. The molecule has 0 aliphatic heterocycles. The summed E-state index contributed by atoms with van der Waals surface area (Å²) in [6.45, 7) is 4.53. The molecule has 1 aromatic carbocycles. The highest BCUT2D eigenvalue weighted by Gasteiger charge is 2.31. The van der Waals surface area contributed by atoms with Crippen LogP contribution in [0.4, 0.5) is 0 Å². The molecule has 0 saturated carbocycles. The van der Waals surface area contributed by atoms with Gasteiger partial charge in [-0.1, -0.05) is 244 Å². The van der Waals surface area contributed by atoms with Crippen LogP contribution in [0.5, 0.6) is 0 Å². The molecule has 1 rings (SSSR count). The Hall–Kier alpha value is -0.940. The summed E-state index contributed by atoms with van der Waals surface area (Å²) in [4.78, 5) is 0. The highest BCUT2D eigenvalue weighted by atomic mass is 16.3. The quantitative estimate of drug-likeness (QED) is 0.0501. The van der Waals surface area contributed by atoms with Crippen molar-refractivity contribution in [2.45, 2.75) is 245 Å². The molecule has 4 nitrogen and oxygen atoms in total. The molecule has 0 aliphatic rings. The molecule has 4 heteroatoms. The summed E-state index contributed by atoms with van der Waals surface area (Å²) in [6.07, 6.45) is 45.9. The Bertz CT molecular complexity index is 838. The first kappa shape index (κ1) is 51.1. The minimum atomic E-state index is -0.507. The predicted octanol–water partition coefficient (Wildman–Crippen LogP) is 14.0. The second kappa shape index (κ2) is 36.4. The topological polar surface area (TPSA) is 80.9 Å². The number of hydrogen-bond donors (Lipinski definition) is 4. The van der Waals surface area contributed by atoms with Crippen LogP contribution >= 0.6 is 0 Å². The molecule has 0 spiro atoms. The molecule has 0 heterocycles. The lowest BCUT2D eigenvalue weighted by molar-refractivity contribution is 0.0438. The Labute approximate surface area is 337 Å². The molecular weight excluding hydrogens is 665 g/mol. The first-order chi connectivity index (χ1) is 26.5. The van der Waals surface area contributed by atoms with Crippen LogP contribution in [0.25, 0.3) is 0 Å². The molecule has 0 saturated heterocycles. The van der Waals surface area contributed by atoms with E-state index in [1.54, 1.807) is 0 Å². The van der Waals surface area contributed by atoms with E-state index in [1.165, 1.54) is 180 Å². The average molecular weight is 759 g/mol. The maximum Gasteiger partial charge on any atom is 0.0512 e. The van der Waals surface area contributed by atoms with Crippen molar-refractivity contribution in [3.63, 3.8) is 0 Å². The van der Waals surface area contributed by atoms with E-state index in [-0.39, 0.29) is 26.4 Å². The summed E-state index contributed by atoms with van der Waals surface area (Å²) in [5.74, 6) is 0. The van der Waals surface area contributed by atoms with E-state index in [2.05, 4.69) is 38.1 Å². The number of rotatable bonds is 42. The van der Waals surface area contributed by atoms with Gasteiger partial charge in [-0.2, -0.15) is 0 Å². The van der Waals surface area contributed by atoms with Gasteiger partial charge in [0.05, 0.1) is 26.4 Å². The Balaban J connectivity index is 2.29. The molecule has 54 heavy (non-hydrogen) atoms. The van der Waals surface area contributed by atoms with Gasteiger partial charge in [0.1, 0.15) is 0 Å².